The molecule has 114 valence electrons. The Morgan fingerprint density at radius 3 is 2.48 bits per heavy atom. The minimum absolute atomic E-state index is 0.0454. The Morgan fingerprint density at radius 1 is 1.19 bits per heavy atom. The van der Waals surface area contributed by atoms with Crippen molar-refractivity contribution in [2.24, 2.45) is 0 Å². The number of thioether (sulfide) groups is 1. The number of amides is 1. The number of aromatic nitrogens is 2. The smallest absolute Gasteiger partial charge is 0.233 e. The van der Waals surface area contributed by atoms with Gasteiger partial charge in [-0.1, -0.05) is 11.8 Å². The Bertz CT molecular complexity index is 679. The van der Waals surface area contributed by atoms with E-state index in [1.165, 1.54) is 22.2 Å². The van der Waals surface area contributed by atoms with E-state index in [-0.39, 0.29) is 17.2 Å². The monoisotopic (exact) mass is 323 g/mol. The van der Waals surface area contributed by atoms with E-state index in [0.717, 1.165) is 21.1 Å². The van der Waals surface area contributed by atoms with Crippen LogP contribution in [0.5, 0.6) is 0 Å². The predicted octanol–water partition coefficient (Wildman–Crippen LogP) is 3.62. The molecule has 1 amide bonds. The second-order valence-electron chi connectivity index (χ2n) is 5.46. The number of fused-ring (bicyclic) bond motifs is 1. The van der Waals surface area contributed by atoms with Crippen LogP contribution in [0.2, 0.25) is 0 Å². The number of carbonyl (C=O) groups excluding carboxylic acids is 1. The van der Waals surface area contributed by atoms with Gasteiger partial charge in [-0.25, -0.2) is 9.97 Å². The van der Waals surface area contributed by atoms with Gasteiger partial charge in [-0.3, -0.25) is 4.79 Å². The lowest BCUT2D eigenvalue weighted by Gasteiger charge is -2.14. The minimum Gasteiger partial charge on any atom is -0.353 e. The zero-order chi connectivity index (χ0) is 15.7. The number of aryl methyl sites for hydroxylation is 3. The lowest BCUT2D eigenvalue weighted by atomic mass is 10.2. The fourth-order valence-electron chi connectivity index (χ4n) is 2.02. The Balaban J connectivity index is 2.35. The van der Waals surface area contributed by atoms with Crippen LogP contribution in [-0.4, -0.2) is 27.2 Å². The Labute approximate surface area is 133 Å². The predicted molar refractivity (Wildman–Crippen MR) is 90.2 cm³/mol. The van der Waals surface area contributed by atoms with Crippen LogP contribution in [0.15, 0.2) is 5.03 Å². The third-order valence-corrected chi connectivity index (χ3v) is 5.38. The number of nitrogens with zero attached hydrogens (tertiary/aromatic N) is 2. The van der Waals surface area contributed by atoms with Crippen molar-refractivity contribution in [1.29, 1.82) is 0 Å². The van der Waals surface area contributed by atoms with Crippen molar-refractivity contribution >= 4 is 39.2 Å². The molecule has 1 N–H and O–H groups in total. The largest absolute Gasteiger partial charge is 0.353 e. The molecule has 0 radical (unpaired) electrons. The molecule has 2 aromatic heterocycles. The van der Waals surface area contributed by atoms with E-state index < -0.39 is 0 Å². The summed E-state index contributed by atoms with van der Waals surface area (Å²) in [5.41, 5.74) is 1.22. The molecule has 0 fully saturated rings. The van der Waals surface area contributed by atoms with Crippen LogP contribution < -0.4 is 5.32 Å². The van der Waals surface area contributed by atoms with Gasteiger partial charge in [-0.2, -0.15) is 0 Å². The fourth-order valence-corrected chi connectivity index (χ4v) is 4.22. The average molecular weight is 323 g/mol. The van der Waals surface area contributed by atoms with Crippen molar-refractivity contribution in [2.45, 2.75) is 57.9 Å². The van der Waals surface area contributed by atoms with Gasteiger partial charge in [0.25, 0.3) is 0 Å². The Morgan fingerprint density at radius 2 is 1.86 bits per heavy atom. The minimum atomic E-state index is -0.176. The number of thiophene rings is 1. The summed E-state index contributed by atoms with van der Waals surface area (Å²) in [5.74, 6) is 0.798. The normalized spacial score (nSPS) is 12.9. The van der Waals surface area contributed by atoms with E-state index in [1.54, 1.807) is 11.3 Å². The standard InChI is InChI=1S/C15H21N3OS2/c1-7(2)16-13(19)10(5)21-15-12-8(3)9(4)20-14(12)17-11(6)18-15/h7,10H,1-6H3,(H,16,19)/t10-/m0/s1. The molecule has 6 heteroatoms. The van der Waals surface area contributed by atoms with Gasteiger partial charge in [0.15, 0.2) is 0 Å². The van der Waals surface area contributed by atoms with Gasteiger partial charge < -0.3 is 5.32 Å². The molecule has 0 saturated heterocycles. The molecular weight excluding hydrogens is 302 g/mol. The summed E-state index contributed by atoms with van der Waals surface area (Å²) in [6.07, 6.45) is 0. The molecular formula is C15H21N3OS2. The highest BCUT2D eigenvalue weighted by Gasteiger charge is 2.20. The van der Waals surface area contributed by atoms with Crippen LogP contribution in [0.1, 0.15) is 37.0 Å². The summed E-state index contributed by atoms with van der Waals surface area (Å²) in [6.45, 7) is 11.9. The second-order valence-corrected chi connectivity index (χ2v) is 8.00. The molecule has 0 spiro atoms. The molecule has 2 heterocycles. The van der Waals surface area contributed by atoms with Gasteiger partial charge in [-0.15, -0.1) is 11.3 Å². The fraction of sp³-hybridized carbons (Fsp3) is 0.533. The highest BCUT2D eigenvalue weighted by Crippen LogP contribution is 2.36. The molecule has 21 heavy (non-hydrogen) atoms. The molecule has 0 unspecified atom stereocenters. The van der Waals surface area contributed by atoms with Crippen molar-refractivity contribution in [3.05, 3.63) is 16.3 Å². The van der Waals surface area contributed by atoms with Crippen LogP contribution >= 0.6 is 23.1 Å². The van der Waals surface area contributed by atoms with E-state index in [2.05, 4.69) is 29.1 Å². The molecule has 1 atom stereocenters. The zero-order valence-electron chi connectivity index (χ0n) is 13.3. The molecule has 2 rings (SSSR count). The SMILES string of the molecule is Cc1nc(S[C@@H](C)C(=O)NC(C)C)c2c(C)c(C)sc2n1. The first-order valence-electron chi connectivity index (χ1n) is 7.01. The topological polar surface area (TPSA) is 54.9 Å². The van der Waals surface area contributed by atoms with Crippen molar-refractivity contribution in [3.8, 4) is 0 Å². The Hall–Kier alpha value is -1.14. The maximum Gasteiger partial charge on any atom is 0.233 e. The van der Waals surface area contributed by atoms with Crippen molar-refractivity contribution < 1.29 is 4.79 Å². The summed E-state index contributed by atoms with van der Waals surface area (Å²) in [6, 6.07) is 0.151. The second kappa shape index (κ2) is 6.32. The molecule has 0 bridgehead atoms. The van der Waals surface area contributed by atoms with Gasteiger partial charge in [0.1, 0.15) is 15.7 Å². The van der Waals surface area contributed by atoms with Gasteiger partial charge in [0.2, 0.25) is 5.91 Å². The maximum absolute atomic E-state index is 12.1. The molecule has 0 aliphatic heterocycles. The number of hydrogen-bond acceptors (Lipinski definition) is 5. The third kappa shape index (κ3) is 3.55. The van der Waals surface area contributed by atoms with Crippen LogP contribution in [0.4, 0.5) is 0 Å². The molecule has 0 aliphatic rings. The average Bonchev–Trinajstić information content (AvgIpc) is 2.63. The summed E-state index contributed by atoms with van der Waals surface area (Å²) >= 11 is 3.20. The number of hydrogen-bond donors (Lipinski definition) is 1. The number of carbonyl (C=O) groups is 1. The highest BCUT2D eigenvalue weighted by atomic mass is 32.2. The molecule has 4 nitrogen and oxygen atoms in total. The van der Waals surface area contributed by atoms with E-state index in [0.29, 0.717) is 0 Å². The van der Waals surface area contributed by atoms with Crippen LogP contribution in [0.25, 0.3) is 10.2 Å². The van der Waals surface area contributed by atoms with Crippen molar-refractivity contribution in [2.75, 3.05) is 0 Å². The number of nitrogens with one attached hydrogen (secondary N) is 1. The van der Waals surface area contributed by atoms with Gasteiger partial charge in [0.05, 0.1) is 5.25 Å². The third-order valence-electron chi connectivity index (χ3n) is 3.20. The number of rotatable bonds is 4. The summed E-state index contributed by atoms with van der Waals surface area (Å²) in [4.78, 5) is 23.4. The van der Waals surface area contributed by atoms with E-state index in [9.17, 15) is 4.79 Å². The molecule has 0 aliphatic carbocycles. The first-order valence-corrected chi connectivity index (χ1v) is 8.70. The summed E-state index contributed by atoms with van der Waals surface area (Å²) < 4.78 is 0. The zero-order valence-corrected chi connectivity index (χ0v) is 14.9. The summed E-state index contributed by atoms with van der Waals surface area (Å²) in [7, 11) is 0. The van der Waals surface area contributed by atoms with E-state index >= 15 is 0 Å². The quantitative estimate of drug-likeness (QED) is 0.689. The molecule has 0 saturated carbocycles. The van der Waals surface area contributed by atoms with Crippen LogP contribution in [0.3, 0.4) is 0 Å². The van der Waals surface area contributed by atoms with Gasteiger partial charge >= 0.3 is 0 Å². The first kappa shape index (κ1) is 16.2. The van der Waals surface area contributed by atoms with Crippen molar-refractivity contribution in [1.82, 2.24) is 15.3 Å². The van der Waals surface area contributed by atoms with Crippen LogP contribution in [0, 0.1) is 20.8 Å². The van der Waals surface area contributed by atoms with Gasteiger partial charge in [-0.05, 0) is 47.1 Å². The lowest BCUT2D eigenvalue weighted by Crippen LogP contribution is -2.35. The summed E-state index contributed by atoms with van der Waals surface area (Å²) in [5, 5.41) is 4.77. The molecule has 0 aromatic carbocycles. The maximum atomic E-state index is 12.1. The van der Waals surface area contributed by atoms with E-state index in [4.69, 9.17) is 0 Å². The lowest BCUT2D eigenvalue weighted by molar-refractivity contribution is -0.120. The van der Waals surface area contributed by atoms with E-state index in [1.807, 2.05) is 27.7 Å². The highest BCUT2D eigenvalue weighted by molar-refractivity contribution is 8.00. The molecule has 2 aromatic rings. The Kier molecular flexibility index (Phi) is 4.88. The van der Waals surface area contributed by atoms with Crippen molar-refractivity contribution in [3.63, 3.8) is 0 Å². The van der Waals surface area contributed by atoms with Crippen LogP contribution in [-0.2, 0) is 4.79 Å². The van der Waals surface area contributed by atoms with Gasteiger partial charge in [0, 0.05) is 16.3 Å². The first-order chi connectivity index (χ1) is 9.79.